The summed E-state index contributed by atoms with van der Waals surface area (Å²) in [5, 5.41) is 7.24. The van der Waals surface area contributed by atoms with Crippen molar-refractivity contribution in [3.05, 3.63) is 36.0 Å². The number of nitrogens with zero attached hydrogens (tertiary/aromatic N) is 2. The first-order valence-corrected chi connectivity index (χ1v) is 12.0. The summed E-state index contributed by atoms with van der Waals surface area (Å²) in [4.78, 5) is 6.72. The molecular formula is C18H31N3OSi. The minimum Gasteiger partial charge on any atom is -0.361 e. The normalized spacial score (nSPS) is 11.3. The summed E-state index contributed by atoms with van der Waals surface area (Å²) in [6.07, 6.45) is 4.79. The molecule has 0 aliphatic carbocycles. The monoisotopic (exact) mass is 333 g/mol. The Morgan fingerprint density at radius 1 is 1.43 bits per heavy atom. The SMILES string of the molecule is C=C(C=N)CCc1cccnc1N(CC)COCC[Si](C)(C)C. The highest BCUT2D eigenvalue weighted by molar-refractivity contribution is 6.76. The molecule has 0 aliphatic heterocycles. The van der Waals surface area contributed by atoms with Crippen molar-refractivity contribution in [2.75, 3.05) is 24.8 Å². The zero-order valence-corrected chi connectivity index (χ0v) is 16.1. The first-order chi connectivity index (χ1) is 10.9. The Kier molecular flexibility index (Phi) is 8.20. The van der Waals surface area contributed by atoms with Gasteiger partial charge in [-0.05, 0) is 43.0 Å². The molecule has 1 N–H and O–H groups in total. The molecule has 0 fully saturated rings. The average Bonchev–Trinajstić information content (AvgIpc) is 2.52. The standard InChI is InChI=1S/C18H31N3OSi/c1-6-21(15-22-12-13-23(3,4)5)18-17(8-7-11-20-18)10-9-16(2)14-19/h7-8,11,14,19H,2,6,9-10,12-13,15H2,1,3-5H3. The minimum atomic E-state index is -1.05. The van der Waals surface area contributed by atoms with Crippen molar-refractivity contribution in [2.24, 2.45) is 0 Å². The van der Waals surface area contributed by atoms with Crippen molar-refractivity contribution in [3.8, 4) is 0 Å². The summed E-state index contributed by atoms with van der Waals surface area (Å²) >= 11 is 0. The predicted octanol–water partition coefficient (Wildman–Crippen LogP) is 4.36. The van der Waals surface area contributed by atoms with Crippen LogP contribution in [0.2, 0.25) is 25.7 Å². The lowest BCUT2D eigenvalue weighted by Crippen LogP contribution is -2.29. The summed E-state index contributed by atoms with van der Waals surface area (Å²) in [5.41, 5.74) is 2.03. The van der Waals surface area contributed by atoms with Crippen LogP contribution in [0.1, 0.15) is 18.9 Å². The van der Waals surface area contributed by atoms with Gasteiger partial charge in [0.25, 0.3) is 0 Å². The molecule has 0 saturated heterocycles. The van der Waals surface area contributed by atoms with Gasteiger partial charge in [-0.15, -0.1) is 0 Å². The van der Waals surface area contributed by atoms with Crippen LogP contribution in [0.5, 0.6) is 0 Å². The van der Waals surface area contributed by atoms with Gasteiger partial charge in [0, 0.05) is 33.6 Å². The fourth-order valence-electron chi connectivity index (χ4n) is 2.13. The summed E-state index contributed by atoms with van der Waals surface area (Å²) in [7, 11) is -1.05. The third-order valence-corrected chi connectivity index (χ3v) is 5.42. The second-order valence-electron chi connectivity index (χ2n) is 6.99. The average molecular weight is 334 g/mol. The van der Waals surface area contributed by atoms with Crippen LogP contribution in [-0.2, 0) is 11.2 Å². The van der Waals surface area contributed by atoms with E-state index in [9.17, 15) is 0 Å². The highest BCUT2D eigenvalue weighted by atomic mass is 28.3. The number of hydrogen-bond acceptors (Lipinski definition) is 4. The number of rotatable bonds is 11. The quantitative estimate of drug-likeness (QED) is 0.283. The van der Waals surface area contributed by atoms with E-state index >= 15 is 0 Å². The molecule has 23 heavy (non-hydrogen) atoms. The molecule has 128 valence electrons. The Bertz CT molecular complexity index is 511. The summed E-state index contributed by atoms with van der Waals surface area (Å²) < 4.78 is 5.89. The molecule has 0 aliphatic rings. The molecule has 5 heteroatoms. The molecule has 0 radical (unpaired) electrons. The molecule has 0 saturated carbocycles. The van der Waals surface area contributed by atoms with Gasteiger partial charge in [-0.25, -0.2) is 4.98 Å². The molecule has 0 atom stereocenters. The topological polar surface area (TPSA) is 49.2 Å². The van der Waals surface area contributed by atoms with Crippen LogP contribution in [0.25, 0.3) is 0 Å². The Morgan fingerprint density at radius 2 is 2.17 bits per heavy atom. The molecule has 1 rings (SSSR count). The van der Waals surface area contributed by atoms with Gasteiger partial charge in [-0.3, -0.25) is 0 Å². The number of aromatic nitrogens is 1. The molecule has 0 bridgehead atoms. The number of anilines is 1. The Hall–Kier alpha value is -1.46. The molecule has 0 amide bonds. The van der Waals surface area contributed by atoms with Crippen LogP contribution in [0.4, 0.5) is 5.82 Å². The van der Waals surface area contributed by atoms with E-state index in [1.54, 1.807) is 0 Å². The second kappa shape index (κ2) is 9.63. The van der Waals surface area contributed by atoms with Crippen LogP contribution in [0, 0.1) is 5.41 Å². The summed E-state index contributed by atoms with van der Waals surface area (Å²) in [6, 6.07) is 5.25. The van der Waals surface area contributed by atoms with Crippen LogP contribution >= 0.6 is 0 Å². The first-order valence-electron chi connectivity index (χ1n) is 8.32. The van der Waals surface area contributed by atoms with Crippen LogP contribution in [0.15, 0.2) is 30.5 Å². The molecule has 0 spiro atoms. The van der Waals surface area contributed by atoms with E-state index in [0.717, 1.165) is 37.4 Å². The number of nitrogens with one attached hydrogen (secondary N) is 1. The molecule has 1 aromatic rings. The summed E-state index contributed by atoms with van der Waals surface area (Å²) in [5.74, 6) is 0.987. The van der Waals surface area contributed by atoms with E-state index in [1.165, 1.54) is 17.8 Å². The van der Waals surface area contributed by atoms with E-state index in [4.69, 9.17) is 10.1 Å². The fraction of sp³-hybridized carbons (Fsp3) is 0.556. The van der Waals surface area contributed by atoms with Crippen molar-refractivity contribution < 1.29 is 4.74 Å². The number of allylic oxidation sites excluding steroid dienone is 1. The maximum Gasteiger partial charge on any atom is 0.133 e. The van der Waals surface area contributed by atoms with Crippen molar-refractivity contribution in [3.63, 3.8) is 0 Å². The highest BCUT2D eigenvalue weighted by Gasteiger charge is 2.14. The van der Waals surface area contributed by atoms with Crippen molar-refractivity contribution in [1.29, 1.82) is 5.41 Å². The molecule has 0 aromatic carbocycles. The lowest BCUT2D eigenvalue weighted by molar-refractivity contribution is 0.146. The van der Waals surface area contributed by atoms with E-state index < -0.39 is 8.07 Å². The minimum absolute atomic E-state index is 0.580. The lowest BCUT2D eigenvalue weighted by atomic mass is 10.1. The molecule has 0 unspecified atom stereocenters. The van der Waals surface area contributed by atoms with E-state index in [-0.39, 0.29) is 0 Å². The zero-order chi connectivity index (χ0) is 17.3. The smallest absolute Gasteiger partial charge is 0.133 e. The van der Waals surface area contributed by atoms with Crippen LogP contribution in [0.3, 0.4) is 0 Å². The molecular weight excluding hydrogens is 302 g/mol. The molecule has 1 aromatic heterocycles. The van der Waals surface area contributed by atoms with Crippen molar-refractivity contribution >= 4 is 20.1 Å². The number of pyridine rings is 1. The third kappa shape index (κ3) is 7.57. The fourth-order valence-corrected chi connectivity index (χ4v) is 2.89. The number of aryl methyl sites for hydroxylation is 1. The Balaban J connectivity index is 2.66. The second-order valence-corrected chi connectivity index (χ2v) is 12.6. The van der Waals surface area contributed by atoms with Gasteiger partial charge >= 0.3 is 0 Å². The van der Waals surface area contributed by atoms with Gasteiger partial charge in [0.1, 0.15) is 12.5 Å². The third-order valence-electron chi connectivity index (χ3n) is 3.71. The van der Waals surface area contributed by atoms with Crippen molar-refractivity contribution in [2.45, 2.75) is 45.5 Å². The maximum atomic E-state index is 7.24. The Morgan fingerprint density at radius 3 is 2.78 bits per heavy atom. The maximum absolute atomic E-state index is 7.24. The van der Waals surface area contributed by atoms with Gasteiger partial charge < -0.3 is 15.0 Å². The zero-order valence-electron chi connectivity index (χ0n) is 15.1. The van der Waals surface area contributed by atoms with Crippen LogP contribution in [-0.4, -0.2) is 39.2 Å². The molecule has 1 heterocycles. The Labute approximate surface area is 142 Å². The first kappa shape index (κ1) is 19.6. The number of hydrogen-bond donors (Lipinski definition) is 1. The lowest BCUT2D eigenvalue weighted by Gasteiger charge is -2.25. The van der Waals surface area contributed by atoms with Gasteiger partial charge in [0.15, 0.2) is 0 Å². The van der Waals surface area contributed by atoms with E-state index in [1.807, 2.05) is 12.3 Å². The van der Waals surface area contributed by atoms with E-state index in [2.05, 4.69) is 49.1 Å². The predicted molar refractivity (Wildman–Crippen MR) is 102 cm³/mol. The highest BCUT2D eigenvalue weighted by Crippen LogP contribution is 2.20. The van der Waals surface area contributed by atoms with Gasteiger partial charge in [-0.1, -0.05) is 32.3 Å². The van der Waals surface area contributed by atoms with Gasteiger partial charge in [0.05, 0.1) is 0 Å². The van der Waals surface area contributed by atoms with Gasteiger partial charge in [0.2, 0.25) is 0 Å². The summed E-state index contributed by atoms with van der Waals surface area (Å²) in [6.45, 7) is 15.3. The number of ether oxygens (including phenoxy) is 1. The van der Waals surface area contributed by atoms with Gasteiger partial charge in [-0.2, -0.15) is 0 Å². The molecule has 4 nitrogen and oxygen atoms in total. The van der Waals surface area contributed by atoms with Crippen molar-refractivity contribution in [1.82, 2.24) is 4.98 Å². The largest absolute Gasteiger partial charge is 0.361 e. The van der Waals surface area contributed by atoms with E-state index in [0.29, 0.717) is 6.73 Å². The van der Waals surface area contributed by atoms with Crippen LogP contribution < -0.4 is 4.90 Å².